The van der Waals surface area contributed by atoms with E-state index in [0.29, 0.717) is 18.4 Å². The fourth-order valence-corrected chi connectivity index (χ4v) is 4.00. The van der Waals surface area contributed by atoms with Crippen molar-refractivity contribution in [2.45, 2.75) is 38.5 Å². The van der Waals surface area contributed by atoms with Crippen molar-refractivity contribution >= 4 is 16.7 Å². The van der Waals surface area contributed by atoms with E-state index in [0.717, 1.165) is 49.0 Å². The molecule has 0 spiro atoms. The Morgan fingerprint density at radius 3 is 3.00 bits per heavy atom. The summed E-state index contributed by atoms with van der Waals surface area (Å²) in [7, 11) is 1.77. The van der Waals surface area contributed by atoms with E-state index >= 15 is 0 Å². The third-order valence-corrected chi connectivity index (χ3v) is 5.33. The molecule has 1 atom stereocenters. The number of aromatic nitrogens is 2. The van der Waals surface area contributed by atoms with E-state index < -0.39 is 6.23 Å². The van der Waals surface area contributed by atoms with Gasteiger partial charge in [-0.2, -0.15) is 5.01 Å². The zero-order chi connectivity index (χ0) is 15.8. The van der Waals surface area contributed by atoms with Gasteiger partial charge in [-0.1, -0.05) is 0 Å². The average molecular weight is 316 g/mol. The molecule has 3 heterocycles. The molecule has 0 radical (unpaired) electrons. The number of hydrogen-bond donors (Lipinski definition) is 3. The second-order valence-corrected chi connectivity index (χ2v) is 6.78. The molecule has 2 aliphatic rings. The molecule has 0 bridgehead atoms. The van der Waals surface area contributed by atoms with Crippen molar-refractivity contribution in [2.24, 2.45) is 11.8 Å². The quantitative estimate of drug-likeness (QED) is 0.808. The van der Waals surface area contributed by atoms with Gasteiger partial charge in [0.05, 0.1) is 11.9 Å². The predicted molar refractivity (Wildman–Crippen MR) is 88.6 cm³/mol. The maximum absolute atomic E-state index is 10.8. The summed E-state index contributed by atoms with van der Waals surface area (Å²) < 4.78 is 5.26. The maximum Gasteiger partial charge on any atom is 0.137 e. The Morgan fingerprint density at radius 2 is 2.22 bits per heavy atom. The highest BCUT2D eigenvalue weighted by Crippen LogP contribution is 2.36. The molecule has 4 rings (SSSR count). The molecule has 1 fully saturated rings. The Labute approximate surface area is 135 Å². The summed E-state index contributed by atoms with van der Waals surface area (Å²) in [5.41, 5.74) is 6.45. The molecule has 0 amide bonds. The number of methoxy groups -OCH3 is 1. The molecule has 1 aliphatic heterocycles. The van der Waals surface area contributed by atoms with Crippen LogP contribution in [0.4, 0.5) is 5.69 Å². The van der Waals surface area contributed by atoms with Gasteiger partial charge in [-0.05, 0) is 37.7 Å². The Hall–Kier alpha value is -1.63. The van der Waals surface area contributed by atoms with Crippen LogP contribution in [0.3, 0.4) is 0 Å². The van der Waals surface area contributed by atoms with Crippen molar-refractivity contribution < 1.29 is 9.84 Å². The SMILES string of the molecule is COCC1CCC(C(O)N2Cc3c(cnc4[nH]ccc34)N2)CC1. The van der Waals surface area contributed by atoms with Gasteiger partial charge in [-0.15, -0.1) is 0 Å². The van der Waals surface area contributed by atoms with Gasteiger partial charge in [-0.25, -0.2) is 4.98 Å². The van der Waals surface area contributed by atoms with Crippen molar-refractivity contribution in [1.82, 2.24) is 15.0 Å². The fourth-order valence-electron chi connectivity index (χ4n) is 4.00. The number of nitrogens with zero attached hydrogens (tertiary/aromatic N) is 2. The molecular formula is C17H24N4O2. The summed E-state index contributed by atoms with van der Waals surface area (Å²) in [5.74, 6) is 0.968. The van der Waals surface area contributed by atoms with Gasteiger partial charge in [0.2, 0.25) is 0 Å². The first-order chi connectivity index (χ1) is 11.3. The first kappa shape index (κ1) is 14.9. The van der Waals surface area contributed by atoms with E-state index in [4.69, 9.17) is 4.74 Å². The van der Waals surface area contributed by atoms with Crippen molar-refractivity contribution in [3.8, 4) is 0 Å². The number of aliphatic hydroxyl groups is 1. The lowest BCUT2D eigenvalue weighted by molar-refractivity contribution is -0.0446. The van der Waals surface area contributed by atoms with Crippen LogP contribution < -0.4 is 5.43 Å². The minimum Gasteiger partial charge on any atom is -0.384 e. The van der Waals surface area contributed by atoms with E-state index in [1.807, 2.05) is 17.4 Å². The number of hydrazine groups is 1. The van der Waals surface area contributed by atoms with E-state index in [2.05, 4.69) is 21.5 Å². The average Bonchev–Trinajstić information content (AvgIpc) is 3.21. The Morgan fingerprint density at radius 1 is 1.39 bits per heavy atom. The van der Waals surface area contributed by atoms with Crippen LogP contribution in [0.15, 0.2) is 18.5 Å². The number of rotatable bonds is 4. The van der Waals surface area contributed by atoms with Crippen molar-refractivity contribution in [2.75, 3.05) is 19.1 Å². The molecule has 23 heavy (non-hydrogen) atoms. The summed E-state index contributed by atoms with van der Waals surface area (Å²) in [6, 6.07) is 2.05. The molecule has 0 saturated heterocycles. The maximum atomic E-state index is 10.8. The van der Waals surface area contributed by atoms with E-state index in [1.54, 1.807) is 7.11 Å². The highest BCUT2D eigenvalue weighted by atomic mass is 16.5. The number of hydrogen-bond acceptors (Lipinski definition) is 5. The van der Waals surface area contributed by atoms with Crippen LogP contribution in [0.1, 0.15) is 31.2 Å². The minimum atomic E-state index is -0.458. The molecule has 1 saturated carbocycles. The summed E-state index contributed by atoms with van der Waals surface area (Å²) in [6.45, 7) is 1.55. The van der Waals surface area contributed by atoms with Crippen molar-refractivity contribution in [1.29, 1.82) is 0 Å². The first-order valence-corrected chi connectivity index (χ1v) is 8.41. The molecule has 0 aromatic carbocycles. The number of nitrogens with one attached hydrogen (secondary N) is 2. The van der Waals surface area contributed by atoms with Crippen LogP contribution in [-0.4, -0.2) is 40.0 Å². The van der Waals surface area contributed by atoms with Gasteiger partial charge in [-0.3, -0.25) is 0 Å². The van der Waals surface area contributed by atoms with Crippen LogP contribution in [0, 0.1) is 11.8 Å². The summed E-state index contributed by atoms with van der Waals surface area (Å²) in [4.78, 5) is 7.55. The number of H-pyrrole nitrogens is 1. The van der Waals surface area contributed by atoms with Crippen LogP contribution in [0.5, 0.6) is 0 Å². The smallest absolute Gasteiger partial charge is 0.137 e. The largest absolute Gasteiger partial charge is 0.384 e. The van der Waals surface area contributed by atoms with Crippen LogP contribution in [-0.2, 0) is 11.3 Å². The molecule has 6 nitrogen and oxygen atoms in total. The standard InChI is InChI=1S/C17H24N4O2/c1-23-10-11-2-4-12(5-3-11)17(22)21-9-14-13-6-7-18-16(13)19-8-15(14)20-21/h6-8,11-12,17,20,22H,2-5,9-10H2,1H3,(H,18,19). The normalized spacial score (nSPS) is 26.2. The zero-order valence-corrected chi connectivity index (χ0v) is 13.5. The highest BCUT2D eigenvalue weighted by Gasteiger charge is 2.33. The number of aromatic amines is 1. The third-order valence-electron chi connectivity index (χ3n) is 5.33. The molecule has 1 unspecified atom stereocenters. The molecule has 1 aliphatic carbocycles. The van der Waals surface area contributed by atoms with Crippen LogP contribution in [0.25, 0.3) is 11.0 Å². The highest BCUT2D eigenvalue weighted by molar-refractivity contribution is 5.85. The summed E-state index contributed by atoms with van der Waals surface area (Å²) in [6.07, 6.45) is 7.69. The number of fused-ring (bicyclic) bond motifs is 3. The van der Waals surface area contributed by atoms with Gasteiger partial charge in [0, 0.05) is 43.3 Å². The Balaban J connectivity index is 1.43. The van der Waals surface area contributed by atoms with Crippen LogP contribution >= 0.6 is 0 Å². The lowest BCUT2D eigenvalue weighted by atomic mass is 9.81. The van der Waals surface area contributed by atoms with Crippen molar-refractivity contribution in [3.63, 3.8) is 0 Å². The molecule has 6 heteroatoms. The fraction of sp³-hybridized carbons (Fsp3) is 0.588. The monoisotopic (exact) mass is 316 g/mol. The van der Waals surface area contributed by atoms with Gasteiger partial charge >= 0.3 is 0 Å². The van der Waals surface area contributed by atoms with Gasteiger partial charge < -0.3 is 20.3 Å². The summed E-state index contributed by atoms with van der Waals surface area (Å²) in [5, 5.41) is 13.9. The molecule has 2 aromatic rings. The second kappa shape index (κ2) is 6.11. The number of pyridine rings is 1. The number of anilines is 1. The third kappa shape index (κ3) is 2.71. The zero-order valence-electron chi connectivity index (χ0n) is 13.5. The van der Waals surface area contributed by atoms with E-state index in [9.17, 15) is 5.11 Å². The lowest BCUT2D eigenvalue weighted by Gasteiger charge is -2.35. The van der Waals surface area contributed by atoms with Gasteiger partial charge in [0.25, 0.3) is 0 Å². The van der Waals surface area contributed by atoms with E-state index in [1.165, 1.54) is 5.56 Å². The first-order valence-electron chi connectivity index (χ1n) is 8.41. The van der Waals surface area contributed by atoms with Crippen molar-refractivity contribution in [3.05, 3.63) is 24.0 Å². The van der Waals surface area contributed by atoms with Gasteiger partial charge in [0.15, 0.2) is 0 Å². The second-order valence-electron chi connectivity index (χ2n) is 6.78. The Kier molecular flexibility index (Phi) is 3.97. The van der Waals surface area contributed by atoms with Gasteiger partial charge in [0.1, 0.15) is 11.9 Å². The molecule has 3 N–H and O–H groups in total. The molecule has 2 aromatic heterocycles. The van der Waals surface area contributed by atoms with E-state index in [-0.39, 0.29) is 0 Å². The topological polar surface area (TPSA) is 73.4 Å². The molecule has 124 valence electrons. The number of ether oxygens (including phenoxy) is 1. The number of aliphatic hydroxyl groups excluding tert-OH is 1. The lowest BCUT2D eigenvalue weighted by Crippen LogP contribution is -2.42. The minimum absolute atomic E-state index is 0.319. The molecular weight excluding hydrogens is 292 g/mol. The predicted octanol–water partition coefficient (Wildman–Crippen LogP) is 2.48. The summed E-state index contributed by atoms with van der Waals surface area (Å²) >= 11 is 0. The Bertz CT molecular complexity index is 678. The van der Waals surface area contributed by atoms with Crippen LogP contribution in [0.2, 0.25) is 0 Å².